The Morgan fingerprint density at radius 2 is 2.19 bits per heavy atom. The van der Waals surface area contributed by atoms with E-state index >= 15 is 0 Å². The third-order valence-corrected chi connectivity index (χ3v) is 3.78. The first kappa shape index (κ1) is 16.1. The predicted molar refractivity (Wildman–Crippen MR) is 82.6 cm³/mol. The molecule has 21 heavy (non-hydrogen) atoms. The average Bonchev–Trinajstić information content (AvgIpc) is 2.89. The zero-order valence-corrected chi connectivity index (χ0v) is 14.6. The molecule has 2 rings (SSSR count). The van der Waals surface area contributed by atoms with E-state index in [0.29, 0.717) is 24.5 Å². The molecule has 0 amide bonds. The average molecular weight is 419 g/mol. The number of halogens is 2. The van der Waals surface area contributed by atoms with E-state index in [1.807, 2.05) is 13.0 Å². The highest BCUT2D eigenvalue weighted by Crippen LogP contribution is 2.28. The summed E-state index contributed by atoms with van der Waals surface area (Å²) in [6, 6.07) is 1.83. The van der Waals surface area contributed by atoms with Gasteiger partial charge in [-0.25, -0.2) is 0 Å². The molecule has 2 aromatic rings. The van der Waals surface area contributed by atoms with Gasteiger partial charge in [-0.15, -0.1) is 0 Å². The molecule has 0 saturated heterocycles. The number of rotatable bonds is 5. The summed E-state index contributed by atoms with van der Waals surface area (Å²) in [5, 5.41) is 3.89. The fourth-order valence-electron chi connectivity index (χ4n) is 1.74. The van der Waals surface area contributed by atoms with Gasteiger partial charge in [-0.3, -0.25) is 9.78 Å². The molecule has 6 nitrogen and oxygen atoms in total. The van der Waals surface area contributed by atoms with Crippen LogP contribution in [0.25, 0.3) is 11.5 Å². The molecule has 0 bridgehead atoms. The largest absolute Gasteiger partial charge is 0.465 e. The van der Waals surface area contributed by atoms with E-state index < -0.39 is 5.92 Å². The standard InChI is InChI=1S/C13H13Br2N3O3/c1-3-8(13(19)20-4-2)12-17-11(18-21-12)10-9(15)5-7(14)6-16-10/h5-6,8H,3-4H2,1-2H3. The van der Waals surface area contributed by atoms with Gasteiger partial charge in [0.25, 0.3) is 0 Å². The lowest BCUT2D eigenvalue weighted by Crippen LogP contribution is -2.15. The number of pyridine rings is 1. The van der Waals surface area contributed by atoms with Crippen LogP contribution in [0.3, 0.4) is 0 Å². The van der Waals surface area contributed by atoms with E-state index in [4.69, 9.17) is 9.26 Å². The summed E-state index contributed by atoms with van der Waals surface area (Å²) in [5.41, 5.74) is 0.548. The molecule has 0 N–H and O–H groups in total. The summed E-state index contributed by atoms with van der Waals surface area (Å²) in [7, 11) is 0. The molecule has 8 heteroatoms. The van der Waals surface area contributed by atoms with Crippen molar-refractivity contribution in [2.24, 2.45) is 0 Å². The topological polar surface area (TPSA) is 78.1 Å². The van der Waals surface area contributed by atoms with Crippen molar-refractivity contribution in [3.05, 3.63) is 27.1 Å². The van der Waals surface area contributed by atoms with Crippen LogP contribution in [0.15, 0.2) is 25.7 Å². The van der Waals surface area contributed by atoms with E-state index in [1.165, 1.54) is 0 Å². The molecule has 1 unspecified atom stereocenters. The maximum absolute atomic E-state index is 11.9. The highest BCUT2D eigenvalue weighted by Gasteiger charge is 2.27. The van der Waals surface area contributed by atoms with Gasteiger partial charge in [0, 0.05) is 15.1 Å². The Bertz CT molecular complexity index is 645. The maximum Gasteiger partial charge on any atom is 0.318 e. The first-order valence-corrected chi connectivity index (χ1v) is 7.97. The number of hydrogen-bond acceptors (Lipinski definition) is 6. The van der Waals surface area contributed by atoms with E-state index in [9.17, 15) is 4.79 Å². The highest BCUT2D eigenvalue weighted by atomic mass is 79.9. The monoisotopic (exact) mass is 417 g/mol. The van der Waals surface area contributed by atoms with E-state index in [0.717, 1.165) is 8.95 Å². The first-order chi connectivity index (χ1) is 10.1. The Kier molecular flexibility index (Phi) is 5.46. The van der Waals surface area contributed by atoms with Crippen LogP contribution in [0.1, 0.15) is 32.1 Å². The number of hydrogen-bond donors (Lipinski definition) is 0. The van der Waals surface area contributed by atoms with Crippen molar-refractivity contribution in [1.82, 2.24) is 15.1 Å². The van der Waals surface area contributed by atoms with E-state index in [1.54, 1.807) is 13.1 Å². The van der Waals surface area contributed by atoms with Crippen molar-refractivity contribution in [2.75, 3.05) is 6.61 Å². The maximum atomic E-state index is 11.9. The highest BCUT2D eigenvalue weighted by molar-refractivity contribution is 9.11. The van der Waals surface area contributed by atoms with Gasteiger partial charge in [0.15, 0.2) is 0 Å². The molecule has 0 aromatic carbocycles. The number of ether oxygens (including phenoxy) is 1. The molecule has 0 aliphatic rings. The van der Waals surface area contributed by atoms with Crippen molar-refractivity contribution in [3.63, 3.8) is 0 Å². The molecule has 0 fully saturated rings. The molecular weight excluding hydrogens is 406 g/mol. The number of nitrogens with zero attached hydrogens (tertiary/aromatic N) is 3. The van der Waals surface area contributed by atoms with Crippen LogP contribution in [0, 0.1) is 0 Å². The van der Waals surface area contributed by atoms with E-state index in [2.05, 4.69) is 47.0 Å². The Balaban J connectivity index is 2.30. The van der Waals surface area contributed by atoms with Gasteiger partial charge in [-0.05, 0) is 51.3 Å². The van der Waals surface area contributed by atoms with Crippen LogP contribution in [0.5, 0.6) is 0 Å². The molecule has 0 spiro atoms. The van der Waals surface area contributed by atoms with Crippen LogP contribution in [0.2, 0.25) is 0 Å². The molecule has 1 atom stereocenters. The summed E-state index contributed by atoms with van der Waals surface area (Å²) in [6.07, 6.45) is 2.16. The summed E-state index contributed by atoms with van der Waals surface area (Å²) in [5.74, 6) is -0.354. The zero-order chi connectivity index (χ0) is 15.4. The summed E-state index contributed by atoms with van der Waals surface area (Å²) >= 11 is 6.72. The summed E-state index contributed by atoms with van der Waals surface area (Å²) in [4.78, 5) is 20.3. The van der Waals surface area contributed by atoms with E-state index in [-0.39, 0.29) is 11.9 Å². The van der Waals surface area contributed by atoms with Crippen molar-refractivity contribution in [1.29, 1.82) is 0 Å². The fraction of sp³-hybridized carbons (Fsp3) is 0.385. The number of esters is 1. The van der Waals surface area contributed by atoms with Gasteiger partial charge >= 0.3 is 5.97 Å². The lowest BCUT2D eigenvalue weighted by atomic mass is 10.1. The predicted octanol–water partition coefficient (Wildman–Crippen LogP) is 3.71. The van der Waals surface area contributed by atoms with Gasteiger partial charge in [-0.2, -0.15) is 4.98 Å². The molecule has 0 aliphatic heterocycles. The van der Waals surface area contributed by atoms with Crippen LogP contribution in [0.4, 0.5) is 0 Å². The van der Waals surface area contributed by atoms with Crippen molar-refractivity contribution >= 4 is 37.8 Å². The third kappa shape index (κ3) is 3.68. The number of carbonyl (C=O) groups is 1. The second-order valence-electron chi connectivity index (χ2n) is 4.15. The summed E-state index contributed by atoms with van der Waals surface area (Å²) < 4.78 is 11.8. The fourth-order valence-corrected chi connectivity index (χ4v) is 2.90. The molecule has 2 aromatic heterocycles. The Morgan fingerprint density at radius 1 is 1.43 bits per heavy atom. The quantitative estimate of drug-likeness (QED) is 0.688. The number of aromatic nitrogens is 3. The lowest BCUT2D eigenvalue weighted by Gasteiger charge is -2.08. The van der Waals surface area contributed by atoms with Gasteiger partial charge in [0.05, 0.1) is 6.61 Å². The van der Waals surface area contributed by atoms with Crippen LogP contribution >= 0.6 is 31.9 Å². The molecule has 112 valence electrons. The van der Waals surface area contributed by atoms with Gasteiger partial charge in [0.2, 0.25) is 11.7 Å². The Labute approximate surface area is 138 Å². The number of carbonyl (C=O) groups excluding carboxylic acids is 1. The van der Waals surface area contributed by atoms with Gasteiger partial charge < -0.3 is 9.26 Å². The normalized spacial score (nSPS) is 12.2. The molecule has 0 radical (unpaired) electrons. The minimum Gasteiger partial charge on any atom is -0.465 e. The molecule has 0 saturated carbocycles. The summed E-state index contributed by atoms with van der Waals surface area (Å²) in [6.45, 7) is 3.93. The minimum atomic E-state index is -0.555. The second-order valence-corrected chi connectivity index (χ2v) is 5.92. The van der Waals surface area contributed by atoms with Gasteiger partial charge in [-0.1, -0.05) is 12.1 Å². The first-order valence-electron chi connectivity index (χ1n) is 6.38. The Hall–Kier alpha value is -1.28. The smallest absolute Gasteiger partial charge is 0.318 e. The molecule has 2 heterocycles. The third-order valence-electron chi connectivity index (χ3n) is 2.74. The van der Waals surface area contributed by atoms with Crippen LogP contribution in [-0.2, 0) is 9.53 Å². The van der Waals surface area contributed by atoms with Crippen molar-refractivity contribution in [2.45, 2.75) is 26.2 Å². The van der Waals surface area contributed by atoms with Crippen molar-refractivity contribution < 1.29 is 14.1 Å². The minimum absolute atomic E-state index is 0.238. The SMILES string of the molecule is CCOC(=O)C(CC)c1nc(-c2ncc(Br)cc2Br)no1. The lowest BCUT2D eigenvalue weighted by molar-refractivity contribution is -0.145. The molecule has 0 aliphatic carbocycles. The van der Waals surface area contributed by atoms with Gasteiger partial charge in [0.1, 0.15) is 11.6 Å². The zero-order valence-electron chi connectivity index (χ0n) is 11.5. The Morgan fingerprint density at radius 3 is 2.81 bits per heavy atom. The molecular formula is C13H13Br2N3O3. The van der Waals surface area contributed by atoms with Crippen LogP contribution < -0.4 is 0 Å². The van der Waals surface area contributed by atoms with Crippen molar-refractivity contribution in [3.8, 4) is 11.5 Å². The second kappa shape index (κ2) is 7.13. The van der Waals surface area contributed by atoms with Crippen LogP contribution in [-0.4, -0.2) is 27.7 Å².